The Labute approximate surface area is 84.9 Å². The lowest BCUT2D eigenvalue weighted by Crippen LogP contribution is -2.30. The molecule has 0 aromatic heterocycles. The second-order valence-electron chi connectivity index (χ2n) is 4.35. The topological polar surface area (TPSA) is 41.1 Å². The first-order chi connectivity index (χ1) is 6.77. The molecule has 0 saturated heterocycles. The van der Waals surface area contributed by atoms with Gasteiger partial charge >= 0.3 is 0 Å². The highest BCUT2D eigenvalue weighted by Crippen LogP contribution is 2.37. The monoisotopic (exact) mass is 194 g/mol. The van der Waals surface area contributed by atoms with Crippen LogP contribution in [-0.4, -0.2) is 25.5 Å². The van der Waals surface area contributed by atoms with E-state index in [0.717, 1.165) is 32.5 Å². The van der Waals surface area contributed by atoms with Crippen LogP contribution >= 0.6 is 0 Å². The molecule has 14 heavy (non-hydrogen) atoms. The second kappa shape index (κ2) is 4.13. The Kier molecular flexibility index (Phi) is 2.87. The van der Waals surface area contributed by atoms with Crippen LogP contribution in [0.25, 0.3) is 0 Å². The lowest BCUT2D eigenvalue weighted by molar-refractivity contribution is -0.122. The largest absolute Gasteiger partial charge is 0.352 e. The van der Waals surface area contributed by atoms with Gasteiger partial charge in [0.2, 0.25) is 5.91 Å². The Morgan fingerprint density at radius 3 is 3.07 bits per heavy atom. The maximum atomic E-state index is 11.5. The molecular weight excluding hydrogens is 176 g/mol. The van der Waals surface area contributed by atoms with E-state index in [-0.39, 0.29) is 5.91 Å². The summed E-state index contributed by atoms with van der Waals surface area (Å²) in [6.07, 6.45) is 4.33. The van der Waals surface area contributed by atoms with Gasteiger partial charge < -0.3 is 10.6 Å². The van der Waals surface area contributed by atoms with Gasteiger partial charge in [-0.2, -0.15) is 0 Å². The number of hydrogen-bond acceptors (Lipinski definition) is 2. The van der Waals surface area contributed by atoms with Crippen molar-refractivity contribution in [2.45, 2.75) is 19.8 Å². The fourth-order valence-corrected chi connectivity index (χ4v) is 1.85. The molecule has 2 rings (SSSR count). The fraction of sp³-hybridized carbons (Fsp3) is 0.727. The normalized spacial score (nSPS) is 30.8. The van der Waals surface area contributed by atoms with Crippen molar-refractivity contribution in [3.63, 3.8) is 0 Å². The summed E-state index contributed by atoms with van der Waals surface area (Å²) in [5, 5.41) is 6.27. The molecule has 0 bridgehead atoms. The van der Waals surface area contributed by atoms with E-state index < -0.39 is 0 Å². The predicted octanol–water partition coefficient (Wildman–Crippen LogP) is 0.678. The van der Waals surface area contributed by atoms with Crippen molar-refractivity contribution >= 4 is 5.91 Å². The summed E-state index contributed by atoms with van der Waals surface area (Å²) in [4.78, 5) is 11.5. The third-order valence-electron chi connectivity index (χ3n) is 3.09. The van der Waals surface area contributed by atoms with Crippen LogP contribution in [0.5, 0.6) is 0 Å². The summed E-state index contributed by atoms with van der Waals surface area (Å²) < 4.78 is 0. The van der Waals surface area contributed by atoms with Gasteiger partial charge in [0.25, 0.3) is 0 Å². The van der Waals surface area contributed by atoms with Crippen molar-refractivity contribution in [1.82, 2.24) is 10.6 Å². The molecule has 0 spiro atoms. The van der Waals surface area contributed by atoms with Crippen LogP contribution in [0.15, 0.2) is 11.6 Å². The number of amides is 1. The van der Waals surface area contributed by atoms with Crippen LogP contribution in [0.1, 0.15) is 19.8 Å². The molecule has 1 saturated carbocycles. The summed E-state index contributed by atoms with van der Waals surface area (Å²) >= 11 is 0. The Morgan fingerprint density at radius 2 is 2.50 bits per heavy atom. The summed E-state index contributed by atoms with van der Waals surface area (Å²) in [7, 11) is 0. The van der Waals surface area contributed by atoms with E-state index in [1.54, 1.807) is 0 Å². The van der Waals surface area contributed by atoms with Crippen LogP contribution < -0.4 is 10.6 Å². The van der Waals surface area contributed by atoms with E-state index in [4.69, 9.17) is 0 Å². The minimum Gasteiger partial charge on any atom is -0.352 e. The number of rotatable bonds is 3. The first-order valence-corrected chi connectivity index (χ1v) is 5.43. The molecule has 0 aromatic carbocycles. The summed E-state index contributed by atoms with van der Waals surface area (Å²) in [5.74, 6) is 1.16. The highest BCUT2D eigenvalue weighted by molar-refractivity contribution is 5.81. The van der Waals surface area contributed by atoms with Crippen LogP contribution in [-0.2, 0) is 4.79 Å². The van der Waals surface area contributed by atoms with Gasteiger partial charge in [-0.1, -0.05) is 18.6 Å². The number of hydrogen-bond donors (Lipinski definition) is 2. The molecule has 2 atom stereocenters. The zero-order valence-electron chi connectivity index (χ0n) is 8.68. The standard InChI is InChI=1S/C11H18N2O/c1-8-6-10(8)11(14)13-7-9-2-4-12-5-3-9/h2,8,10,12H,3-7H2,1H3,(H,13,14). The Bertz CT molecular complexity index is 260. The van der Waals surface area contributed by atoms with Crippen LogP contribution in [0.4, 0.5) is 0 Å². The molecule has 2 unspecified atom stereocenters. The Hall–Kier alpha value is -0.830. The van der Waals surface area contributed by atoms with E-state index >= 15 is 0 Å². The number of nitrogens with one attached hydrogen (secondary N) is 2. The zero-order chi connectivity index (χ0) is 9.97. The smallest absolute Gasteiger partial charge is 0.223 e. The van der Waals surface area contributed by atoms with Gasteiger partial charge in [-0.3, -0.25) is 4.79 Å². The molecular formula is C11H18N2O. The van der Waals surface area contributed by atoms with E-state index in [1.807, 2.05) is 0 Å². The predicted molar refractivity (Wildman–Crippen MR) is 55.9 cm³/mol. The molecule has 3 nitrogen and oxygen atoms in total. The molecule has 3 heteroatoms. The van der Waals surface area contributed by atoms with Gasteiger partial charge in [0.15, 0.2) is 0 Å². The van der Waals surface area contributed by atoms with E-state index in [1.165, 1.54) is 5.57 Å². The number of carbonyl (C=O) groups excluding carboxylic acids is 1. The minimum absolute atomic E-state index is 0.247. The van der Waals surface area contributed by atoms with E-state index in [2.05, 4.69) is 23.6 Å². The number of carbonyl (C=O) groups is 1. The summed E-state index contributed by atoms with van der Waals surface area (Å²) in [5.41, 5.74) is 1.37. The minimum atomic E-state index is 0.247. The SMILES string of the molecule is CC1CC1C(=O)NCC1=CCNCC1. The molecule has 1 heterocycles. The van der Waals surface area contributed by atoms with Crippen molar-refractivity contribution in [1.29, 1.82) is 0 Å². The molecule has 1 fully saturated rings. The van der Waals surface area contributed by atoms with Gasteiger partial charge in [0.1, 0.15) is 0 Å². The van der Waals surface area contributed by atoms with E-state index in [9.17, 15) is 4.79 Å². The fourth-order valence-electron chi connectivity index (χ4n) is 1.85. The third-order valence-corrected chi connectivity index (χ3v) is 3.09. The zero-order valence-corrected chi connectivity index (χ0v) is 8.68. The molecule has 0 radical (unpaired) electrons. The second-order valence-corrected chi connectivity index (χ2v) is 4.35. The molecule has 1 aliphatic carbocycles. The molecule has 1 aliphatic heterocycles. The lowest BCUT2D eigenvalue weighted by atomic mass is 10.1. The van der Waals surface area contributed by atoms with Gasteiger partial charge in [-0.15, -0.1) is 0 Å². The van der Waals surface area contributed by atoms with Crippen LogP contribution in [0, 0.1) is 11.8 Å². The first-order valence-electron chi connectivity index (χ1n) is 5.43. The quantitative estimate of drug-likeness (QED) is 0.649. The van der Waals surface area contributed by atoms with Crippen molar-refractivity contribution in [3.05, 3.63) is 11.6 Å². The Balaban J connectivity index is 1.71. The van der Waals surface area contributed by atoms with Crippen molar-refractivity contribution in [2.24, 2.45) is 11.8 Å². The molecule has 0 aromatic rings. The van der Waals surface area contributed by atoms with Gasteiger partial charge in [0, 0.05) is 19.0 Å². The Morgan fingerprint density at radius 1 is 1.71 bits per heavy atom. The van der Waals surface area contributed by atoms with Crippen LogP contribution in [0.3, 0.4) is 0 Å². The van der Waals surface area contributed by atoms with Crippen LogP contribution in [0.2, 0.25) is 0 Å². The highest BCUT2D eigenvalue weighted by Gasteiger charge is 2.38. The maximum absolute atomic E-state index is 11.5. The maximum Gasteiger partial charge on any atom is 0.223 e. The van der Waals surface area contributed by atoms with Crippen molar-refractivity contribution < 1.29 is 4.79 Å². The summed E-state index contributed by atoms with van der Waals surface area (Å²) in [6.45, 7) is 4.88. The lowest BCUT2D eigenvalue weighted by Gasteiger charge is -2.14. The van der Waals surface area contributed by atoms with E-state index in [0.29, 0.717) is 11.8 Å². The first kappa shape index (κ1) is 9.71. The van der Waals surface area contributed by atoms with Gasteiger partial charge in [-0.25, -0.2) is 0 Å². The van der Waals surface area contributed by atoms with Gasteiger partial charge in [-0.05, 0) is 25.3 Å². The molecule has 1 amide bonds. The molecule has 78 valence electrons. The average Bonchev–Trinajstić information content (AvgIpc) is 2.94. The third kappa shape index (κ3) is 2.35. The van der Waals surface area contributed by atoms with Crippen molar-refractivity contribution in [2.75, 3.05) is 19.6 Å². The average molecular weight is 194 g/mol. The summed E-state index contributed by atoms with van der Waals surface area (Å²) in [6, 6.07) is 0. The highest BCUT2D eigenvalue weighted by atomic mass is 16.2. The van der Waals surface area contributed by atoms with Gasteiger partial charge in [0.05, 0.1) is 0 Å². The van der Waals surface area contributed by atoms with Crippen molar-refractivity contribution in [3.8, 4) is 0 Å². The molecule has 2 aliphatic rings. The molecule has 2 N–H and O–H groups in total.